The van der Waals surface area contributed by atoms with E-state index >= 15 is 0 Å². The lowest BCUT2D eigenvalue weighted by atomic mass is 9.88. The number of ether oxygens (including phenoxy) is 3. The van der Waals surface area contributed by atoms with Crippen molar-refractivity contribution < 1.29 is 44.2 Å². The van der Waals surface area contributed by atoms with Crippen LogP contribution in [-0.4, -0.2) is 122 Å². The lowest BCUT2D eigenvalue weighted by molar-refractivity contribution is -0.151. The molecule has 50 heavy (non-hydrogen) atoms. The predicted octanol–water partition coefficient (Wildman–Crippen LogP) is 4.66. The van der Waals surface area contributed by atoms with Crippen molar-refractivity contribution in [2.24, 2.45) is 11.8 Å². The van der Waals surface area contributed by atoms with Gasteiger partial charge in [0.25, 0.3) is 0 Å². The van der Waals surface area contributed by atoms with Gasteiger partial charge in [-0.25, -0.2) is 4.79 Å². The van der Waals surface area contributed by atoms with Crippen LogP contribution in [0.15, 0.2) is 36.0 Å². The minimum atomic E-state index is -1.48. The molecule has 10 atom stereocenters. The average Bonchev–Trinajstić information content (AvgIpc) is 3.84. The summed E-state index contributed by atoms with van der Waals surface area (Å²) >= 11 is 0. The third-order valence-electron chi connectivity index (χ3n) is 11.3. The SMILES string of the molecule is CCC(O)C(C)C1OC1CC(C)(O)/C=C/C=C(\C)C1OC(=O)CC(O)CCC(C)(O)C(OC(=O)N2CCN(C3CCCCC3)CC2)/C=C/C1C. The summed E-state index contributed by atoms with van der Waals surface area (Å²) in [6.07, 6.45) is 12.1. The van der Waals surface area contributed by atoms with E-state index in [-0.39, 0.29) is 43.3 Å². The summed E-state index contributed by atoms with van der Waals surface area (Å²) in [4.78, 5) is 30.5. The maximum atomic E-state index is 13.4. The highest BCUT2D eigenvalue weighted by molar-refractivity contribution is 5.70. The molecule has 3 aliphatic heterocycles. The molecule has 0 bridgehead atoms. The minimum Gasteiger partial charge on any atom is -0.457 e. The van der Waals surface area contributed by atoms with E-state index in [0.717, 1.165) is 13.1 Å². The predicted molar refractivity (Wildman–Crippen MR) is 191 cm³/mol. The van der Waals surface area contributed by atoms with E-state index in [1.165, 1.54) is 32.1 Å². The van der Waals surface area contributed by atoms with Gasteiger partial charge in [-0.2, -0.15) is 0 Å². The van der Waals surface area contributed by atoms with Crippen LogP contribution < -0.4 is 0 Å². The summed E-state index contributed by atoms with van der Waals surface area (Å²) in [6.45, 7) is 13.7. The lowest BCUT2D eigenvalue weighted by Gasteiger charge is -2.41. The lowest BCUT2D eigenvalue weighted by Crippen LogP contribution is -2.53. The Morgan fingerprint density at radius 3 is 2.50 bits per heavy atom. The molecule has 0 radical (unpaired) electrons. The maximum Gasteiger partial charge on any atom is 0.410 e. The molecule has 284 valence electrons. The van der Waals surface area contributed by atoms with Crippen LogP contribution in [0.25, 0.3) is 0 Å². The number of hydrogen-bond donors (Lipinski definition) is 4. The highest BCUT2D eigenvalue weighted by Crippen LogP contribution is 2.37. The molecule has 0 aromatic heterocycles. The fourth-order valence-electron chi connectivity index (χ4n) is 7.70. The van der Waals surface area contributed by atoms with Crippen LogP contribution in [0, 0.1) is 11.8 Å². The van der Waals surface area contributed by atoms with Crippen LogP contribution in [-0.2, 0) is 19.0 Å². The fourth-order valence-corrected chi connectivity index (χ4v) is 7.70. The summed E-state index contributed by atoms with van der Waals surface area (Å²) in [5.41, 5.74) is -1.92. The van der Waals surface area contributed by atoms with E-state index in [4.69, 9.17) is 14.2 Å². The summed E-state index contributed by atoms with van der Waals surface area (Å²) in [6, 6.07) is 0.591. The van der Waals surface area contributed by atoms with Gasteiger partial charge in [0.15, 0.2) is 6.10 Å². The van der Waals surface area contributed by atoms with Gasteiger partial charge in [0.1, 0.15) is 11.7 Å². The number of amides is 1. The van der Waals surface area contributed by atoms with Crippen molar-refractivity contribution in [2.75, 3.05) is 26.2 Å². The van der Waals surface area contributed by atoms with Crippen LogP contribution in [0.1, 0.15) is 106 Å². The van der Waals surface area contributed by atoms with Gasteiger partial charge >= 0.3 is 12.1 Å². The zero-order chi connectivity index (χ0) is 36.6. The molecular formula is C39H64N2O9. The normalized spacial score (nSPS) is 35.7. The van der Waals surface area contributed by atoms with Crippen molar-refractivity contribution in [3.8, 4) is 0 Å². The second-order valence-corrected chi connectivity index (χ2v) is 15.8. The first-order chi connectivity index (χ1) is 23.6. The minimum absolute atomic E-state index is 0.00994. The van der Waals surface area contributed by atoms with Gasteiger partial charge in [0.2, 0.25) is 0 Å². The van der Waals surface area contributed by atoms with Crippen LogP contribution in [0.4, 0.5) is 4.79 Å². The molecule has 1 saturated carbocycles. The van der Waals surface area contributed by atoms with Crippen LogP contribution in [0.3, 0.4) is 0 Å². The first-order valence-corrected chi connectivity index (χ1v) is 19.0. The van der Waals surface area contributed by atoms with Crippen LogP contribution in [0.5, 0.6) is 0 Å². The molecule has 1 aliphatic carbocycles. The Balaban J connectivity index is 1.42. The molecular weight excluding hydrogens is 640 g/mol. The zero-order valence-electron chi connectivity index (χ0n) is 31.2. The largest absolute Gasteiger partial charge is 0.457 e. The molecule has 4 N–H and O–H groups in total. The third kappa shape index (κ3) is 11.6. The molecule has 3 fully saturated rings. The number of aliphatic hydroxyl groups excluding tert-OH is 2. The van der Waals surface area contributed by atoms with E-state index < -0.39 is 47.7 Å². The van der Waals surface area contributed by atoms with Gasteiger partial charge in [0.05, 0.1) is 36.4 Å². The Kier molecular flexibility index (Phi) is 14.6. The molecule has 0 aromatic rings. The molecule has 4 aliphatic rings. The number of allylic oxidation sites excluding steroid dienone is 2. The number of esters is 1. The Bertz CT molecular complexity index is 1200. The number of aliphatic hydroxyl groups is 4. The van der Waals surface area contributed by atoms with Crippen molar-refractivity contribution in [2.45, 2.75) is 160 Å². The van der Waals surface area contributed by atoms with E-state index in [1.54, 1.807) is 49.1 Å². The highest BCUT2D eigenvalue weighted by Gasteiger charge is 2.47. The summed E-state index contributed by atoms with van der Waals surface area (Å²) in [5, 5.41) is 43.4. The maximum absolute atomic E-state index is 13.4. The number of epoxide rings is 1. The van der Waals surface area contributed by atoms with Crippen LogP contribution >= 0.6 is 0 Å². The molecule has 4 rings (SSSR count). The second kappa shape index (κ2) is 18.0. The van der Waals surface area contributed by atoms with Crippen molar-refractivity contribution in [3.63, 3.8) is 0 Å². The van der Waals surface area contributed by atoms with Gasteiger partial charge in [-0.05, 0) is 64.5 Å². The summed E-state index contributed by atoms with van der Waals surface area (Å²) < 4.78 is 17.6. The van der Waals surface area contributed by atoms with Crippen molar-refractivity contribution in [1.82, 2.24) is 9.80 Å². The third-order valence-corrected chi connectivity index (χ3v) is 11.3. The molecule has 11 nitrogen and oxygen atoms in total. The molecule has 2 saturated heterocycles. The Labute approximate surface area is 299 Å². The van der Waals surface area contributed by atoms with Crippen molar-refractivity contribution in [1.29, 1.82) is 0 Å². The molecule has 1 amide bonds. The number of carbonyl (C=O) groups is 2. The molecule has 11 heteroatoms. The van der Waals surface area contributed by atoms with Crippen molar-refractivity contribution >= 4 is 12.1 Å². The Morgan fingerprint density at radius 1 is 1.16 bits per heavy atom. The topological polar surface area (TPSA) is 153 Å². The average molecular weight is 705 g/mol. The summed E-state index contributed by atoms with van der Waals surface area (Å²) in [5.74, 6) is -0.935. The number of carbonyl (C=O) groups excluding carboxylic acids is 2. The van der Waals surface area contributed by atoms with E-state index in [0.29, 0.717) is 37.5 Å². The Morgan fingerprint density at radius 2 is 1.84 bits per heavy atom. The van der Waals surface area contributed by atoms with Gasteiger partial charge < -0.3 is 39.5 Å². The summed E-state index contributed by atoms with van der Waals surface area (Å²) in [7, 11) is 0. The Hall–Kier alpha value is -2.28. The second-order valence-electron chi connectivity index (χ2n) is 15.8. The number of piperazine rings is 1. The van der Waals surface area contributed by atoms with Crippen LogP contribution in [0.2, 0.25) is 0 Å². The molecule has 10 unspecified atom stereocenters. The van der Waals surface area contributed by atoms with E-state index in [2.05, 4.69) is 4.90 Å². The number of rotatable bonds is 10. The monoisotopic (exact) mass is 704 g/mol. The zero-order valence-corrected chi connectivity index (χ0v) is 31.2. The van der Waals surface area contributed by atoms with Gasteiger partial charge in [-0.15, -0.1) is 0 Å². The number of cyclic esters (lactones) is 1. The smallest absolute Gasteiger partial charge is 0.410 e. The quantitative estimate of drug-likeness (QED) is 0.109. The van der Waals surface area contributed by atoms with E-state index in [1.807, 2.05) is 27.7 Å². The van der Waals surface area contributed by atoms with E-state index in [9.17, 15) is 30.0 Å². The number of hydrogen-bond acceptors (Lipinski definition) is 10. The van der Waals surface area contributed by atoms with Crippen molar-refractivity contribution in [3.05, 3.63) is 36.0 Å². The van der Waals surface area contributed by atoms with Gasteiger partial charge in [-0.3, -0.25) is 9.69 Å². The first-order valence-electron chi connectivity index (χ1n) is 19.0. The molecule has 0 spiro atoms. The first kappa shape index (κ1) is 40.5. The number of nitrogens with zero attached hydrogens (tertiary/aromatic N) is 2. The highest BCUT2D eigenvalue weighted by atomic mass is 16.6. The van der Waals surface area contributed by atoms with Gasteiger partial charge in [0, 0.05) is 50.5 Å². The van der Waals surface area contributed by atoms with Gasteiger partial charge in [-0.1, -0.05) is 64.3 Å². The fraction of sp³-hybridized carbons (Fsp3) is 0.795. The molecule has 0 aromatic carbocycles. The standard InChI is InChI=1S/C39H64N2O9/c1-7-31(43)28(4)36-32(48-36)25-38(5,46)18-11-12-26(2)35-27(3)15-16-33(39(6,47)19-17-30(42)24-34(44)50-35)49-37(45)41-22-20-40(21-23-41)29-13-9-8-10-14-29/h11-12,15-16,18,27-33,35-36,42-43,46-47H,7-10,13-14,17,19-25H2,1-6H3/b16-15+,18-11+,26-12+. The molecule has 3 heterocycles.